The zero-order valence-electron chi connectivity index (χ0n) is 16.6. The number of urea groups is 1. The number of ether oxygens (including phenoxy) is 3. The molecule has 10 heteroatoms. The van der Waals surface area contributed by atoms with Crippen LogP contribution in [0, 0.1) is 5.82 Å². The van der Waals surface area contributed by atoms with Crippen molar-refractivity contribution in [3.05, 3.63) is 63.5 Å². The van der Waals surface area contributed by atoms with Gasteiger partial charge in [-0.3, -0.25) is 9.59 Å². The van der Waals surface area contributed by atoms with Crippen LogP contribution < -0.4 is 14.8 Å². The summed E-state index contributed by atoms with van der Waals surface area (Å²) >= 11 is 3.39. The van der Waals surface area contributed by atoms with Gasteiger partial charge in [0.25, 0.3) is 5.91 Å². The molecule has 0 atom stereocenters. The molecule has 2 aromatic rings. The summed E-state index contributed by atoms with van der Waals surface area (Å²) in [5, 5.41) is 2.42. The minimum Gasteiger partial charge on any atom is -0.493 e. The number of benzene rings is 2. The summed E-state index contributed by atoms with van der Waals surface area (Å²) in [4.78, 5) is 36.6. The predicted molar refractivity (Wildman–Crippen MR) is 112 cm³/mol. The summed E-state index contributed by atoms with van der Waals surface area (Å²) in [5.74, 6) is -1.07. The van der Waals surface area contributed by atoms with Crippen LogP contribution in [0.15, 0.2) is 46.6 Å². The monoisotopic (exact) mass is 492 g/mol. The Bertz CT molecular complexity index is 1070. The van der Waals surface area contributed by atoms with Crippen molar-refractivity contribution >= 4 is 39.9 Å². The van der Waals surface area contributed by atoms with E-state index in [9.17, 15) is 18.8 Å². The van der Waals surface area contributed by atoms with E-state index in [0.717, 1.165) is 12.0 Å². The molecular weight excluding hydrogens is 475 g/mol. The maximum atomic E-state index is 13.8. The average molecular weight is 493 g/mol. The molecule has 1 heterocycles. The van der Waals surface area contributed by atoms with Gasteiger partial charge in [-0.05, 0) is 29.8 Å². The summed E-state index contributed by atoms with van der Waals surface area (Å²) in [7, 11) is 2.60. The summed E-state index contributed by atoms with van der Waals surface area (Å²) < 4.78 is 29.9. The molecule has 1 fully saturated rings. The number of hydrogen-bond acceptors (Lipinski definition) is 6. The number of amides is 3. The smallest absolute Gasteiger partial charge is 0.329 e. The fourth-order valence-electron chi connectivity index (χ4n) is 2.77. The second-order valence-corrected chi connectivity index (χ2v) is 7.21. The van der Waals surface area contributed by atoms with Crippen molar-refractivity contribution in [2.24, 2.45) is 0 Å². The molecule has 0 aromatic heterocycles. The second kappa shape index (κ2) is 9.61. The first-order valence-corrected chi connectivity index (χ1v) is 9.78. The number of halogens is 2. The number of nitrogens with zero attached hydrogens (tertiary/aromatic N) is 1. The number of hydrogen-bond donors (Lipinski definition) is 1. The Morgan fingerprint density at radius 1 is 1.19 bits per heavy atom. The van der Waals surface area contributed by atoms with Crippen LogP contribution in [-0.4, -0.2) is 43.6 Å². The molecule has 2 aromatic carbocycles. The average Bonchev–Trinajstić information content (AvgIpc) is 3.01. The van der Waals surface area contributed by atoms with Crippen molar-refractivity contribution in [2.45, 2.75) is 6.61 Å². The summed E-state index contributed by atoms with van der Waals surface area (Å²) in [6, 6.07) is 8.74. The van der Waals surface area contributed by atoms with E-state index in [1.807, 2.05) is 0 Å². The third-order valence-corrected chi connectivity index (χ3v) is 5.09. The molecule has 1 aliphatic heterocycles. The molecule has 162 valence electrons. The molecule has 0 spiro atoms. The Morgan fingerprint density at radius 3 is 2.61 bits per heavy atom. The third kappa shape index (κ3) is 5.02. The quantitative estimate of drug-likeness (QED) is 0.362. The van der Waals surface area contributed by atoms with Crippen molar-refractivity contribution in [3.8, 4) is 11.5 Å². The fourth-order valence-corrected chi connectivity index (χ4v) is 3.21. The molecule has 1 saturated heterocycles. The number of imide groups is 1. The fraction of sp³-hybridized carbons (Fsp3) is 0.190. The molecule has 1 N–H and O–H groups in total. The van der Waals surface area contributed by atoms with Gasteiger partial charge in [-0.2, -0.15) is 0 Å². The van der Waals surface area contributed by atoms with E-state index in [-0.39, 0.29) is 18.1 Å². The SMILES string of the molecule is COC(=O)CN1C(=O)N/C(=C/c2cc(OC)c(OCc3ccccc3F)cc2Br)C1=O. The largest absolute Gasteiger partial charge is 0.493 e. The van der Waals surface area contributed by atoms with Crippen LogP contribution in [0.1, 0.15) is 11.1 Å². The van der Waals surface area contributed by atoms with Gasteiger partial charge in [0.15, 0.2) is 11.5 Å². The van der Waals surface area contributed by atoms with Gasteiger partial charge in [-0.15, -0.1) is 0 Å². The lowest BCUT2D eigenvalue weighted by Crippen LogP contribution is -2.36. The van der Waals surface area contributed by atoms with E-state index >= 15 is 0 Å². The minimum absolute atomic E-state index is 0.00700. The van der Waals surface area contributed by atoms with E-state index in [1.165, 1.54) is 19.3 Å². The Hall–Kier alpha value is -3.40. The summed E-state index contributed by atoms with van der Waals surface area (Å²) in [5.41, 5.74) is 0.882. The standard InChI is InChI=1S/C21H18BrFN2O6/c1-29-17-8-13(7-16-20(27)25(21(28)24-16)10-19(26)30-2)14(22)9-18(17)31-11-12-5-3-4-6-15(12)23/h3-9H,10-11H2,1-2H3,(H,24,28)/b16-7+. The Morgan fingerprint density at radius 2 is 1.94 bits per heavy atom. The van der Waals surface area contributed by atoms with Crippen LogP contribution >= 0.6 is 15.9 Å². The van der Waals surface area contributed by atoms with Gasteiger partial charge in [-0.1, -0.05) is 34.1 Å². The van der Waals surface area contributed by atoms with Gasteiger partial charge in [0.1, 0.15) is 24.7 Å². The first-order chi connectivity index (χ1) is 14.8. The number of methoxy groups -OCH3 is 2. The van der Waals surface area contributed by atoms with E-state index in [1.54, 1.807) is 30.3 Å². The lowest BCUT2D eigenvalue weighted by Gasteiger charge is -2.13. The molecule has 0 bridgehead atoms. The number of carbonyl (C=O) groups is 3. The van der Waals surface area contributed by atoms with Crippen molar-refractivity contribution in [2.75, 3.05) is 20.8 Å². The highest BCUT2D eigenvalue weighted by atomic mass is 79.9. The Kier molecular flexibility index (Phi) is 6.91. The third-order valence-electron chi connectivity index (χ3n) is 4.40. The minimum atomic E-state index is -0.727. The Labute approximate surface area is 185 Å². The maximum Gasteiger partial charge on any atom is 0.329 e. The van der Waals surface area contributed by atoms with Gasteiger partial charge in [-0.25, -0.2) is 14.1 Å². The van der Waals surface area contributed by atoms with E-state index in [0.29, 0.717) is 27.1 Å². The summed E-state index contributed by atoms with van der Waals surface area (Å²) in [6.07, 6.45) is 1.44. The van der Waals surface area contributed by atoms with Crippen LogP contribution in [0.3, 0.4) is 0 Å². The first kappa shape index (κ1) is 22.3. The molecule has 8 nitrogen and oxygen atoms in total. The van der Waals surface area contributed by atoms with Crippen LogP contribution in [-0.2, 0) is 20.9 Å². The normalized spacial score (nSPS) is 14.6. The van der Waals surface area contributed by atoms with Crippen molar-refractivity contribution in [1.82, 2.24) is 10.2 Å². The molecule has 1 aliphatic rings. The van der Waals surface area contributed by atoms with Crippen molar-refractivity contribution in [1.29, 1.82) is 0 Å². The van der Waals surface area contributed by atoms with Crippen LogP contribution in [0.25, 0.3) is 6.08 Å². The second-order valence-electron chi connectivity index (χ2n) is 6.36. The molecular formula is C21H18BrFN2O6. The van der Waals surface area contributed by atoms with E-state index in [2.05, 4.69) is 26.0 Å². The Balaban J connectivity index is 1.83. The van der Waals surface area contributed by atoms with E-state index in [4.69, 9.17) is 9.47 Å². The molecule has 3 amide bonds. The molecule has 0 unspecified atom stereocenters. The zero-order valence-corrected chi connectivity index (χ0v) is 18.2. The van der Waals surface area contributed by atoms with Crippen LogP contribution in [0.5, 0.6) is 11.5 Å². The number of nitrogens with one attached hydrogen (secondary N) is 1. The van der Waals surface area contributed by atoms with Gasteiger partial charge in [0.2, 0.25) is 0 Å². The topological polar surface area (TPSA) is 94.2 Å². The first-order valence-electron chi connectivity index (χ1n) is 8.99. The van der Waals surface area contributed by atoms with Gasteiger partial charge in [0, 0.05) is 10.0 Å². The van der Waals surface area contributed by atoms with Crippen molar-refractivity contribution in [3.63, 3.8) is 0 Å². The maximum absolute atomic E-state index is 13.8. The number of carbonyl (C=O) groups excluding carboxylic acids is 3. The van der Waals surface area contributed by atoms with E-state index < -0.39 is 24.5 Å². The highest BCUT2D eigenvalue weighted by Crippen LogP contribution is 2.35. The molecule has 0 radical (unpaired) electrons. The molecule has 0 saturated carbocycles. The van der Waals surface area contributed by atoms with Gasteiger partial charge >= 0.3 is 12.0 Å². The predicted octanol–water partition coefficient (Wildman–Crippen LogP) is 3.24. The van der Waals surface area contributed by atoms with Crippen LogP contribution in [0.4, 0.5) is 9.18 Å². The van der Waals surface area contributed by atoms with Gasteiger partial charge in [0.05, 0.1) is 14.2 Å². The van der Waals surface area contributed by atoms with Crippen LogP contribution in [0.2, 0.25) is 0 Å². The highest BCUT2D eigenvalue weighted by Gasteiger charge is 2.35. The highest BCUT2D eigenvalue weighted by molar-refractivity contribution is 9.10. The lowest BCUT2D eigenvalue weighted by atomic mass is 10.1. The summed E-state index contributed by atoms with van der Waals surface area (Å²) in [6.45, 7) is -0.501. The zero-order chi connectivity index (χ0) is 22.5. The lowest BCUT2D eigenvalue weighted by molar-refractivity contribution is -0.143. The van der Waals surface area contributed by atoms with Gasteiger partial charge < -0.3 is 19.5 Å². The molecule has 31 heavy (non-hydrogen) atoms. The number of esters is 1. The molecule has 0 aliphatic carbocycles. The number of rotatable bonds is 7. The molecule has 3 rings (SSSR count). The van der Waals surface area contributed by atoms with Crippen molar-refractivity contribution < 1.29 is 33.0 Å².